The van der Waals surface area contributed by atoms with E-state index in [-0.39, 0.29) is 12.0 Å². The zero-order chi connectivity index (χ0) is 16.7. The third-order valence-electron chi connectivity index (χ3n) is 3.52. The molecule has 1 aromatic carbocycles. The molecule has 23 heavy (non-hydrogen) atoms. The number of carbonyl (C=O) groups excluding carboxylic acids is 1. The molecule has 0 radical (unpaired) electrons. The van der Waals surface area contributed by atoms with E-state index in [1.165, 1.54) is 0 Å². The van der Waals surface area contributed by atoms with Crippen LogP contribution in [0.4, 0.5) is 5.82 Å². The molecule has 1 atom stereocenters. The van der Waals surface area contributed by atoms with Crippen LogP contribution in [0.1, 0.15) is 29.3 Å². The summed E-state index contributed by atoms with van der Waals surface area (Å²) in [5.41, 5.74) is 1.69. The van der Waals surface area contributed by atoms with Crippen LogP contribution in [0.3, 0.4) is 0 Å². The number of anilines is 1. The van der Waals surface area contributed by atoms with Crippen LogP contribution in [0.2, 0.25) is 0 Å². The minimum Gasteiger partial charge on any atom is -0.489 e. The fourth-order valence-electron chi connectivity index (χ4n) is 2.23. The second kappa shape index (κ2) is 8.17. The highest BCUT2D eigenvalue weighted by atomic mass is 16.5. The van der Waals surface area contributed by atoms with Gasteiger partial charge in [0, 0.05) is 13.2 Å². The number of benzene rings is 1. The highest BCUT2D eigenvalue weighted by Crippen LogP contribution is 2.17. The molecular weight excluding hydrogens is 290 g/mol. The zero-order valence-corrected chi connectivity index (χ0v) is 13.8. The van der Waals surface area contributed by atoms with E-state index in [9.17, 15) is 4.79 Å². The molecule has 0 saturated heterocycles. The first-order valence-corrected chi connectivity index (χ1v) is 7.78. The van der Waals surface area contributed by atoms with Gasteiger partial charge in [-0.2, -0.15) is 0 Å². The number of rotatable bonds is 7. The Morgan fingerprint density at radius 3 is 2.83 bits per heavy atom. The molecule has 2 rings (SSSR count). The first-order chi connectivity index (χ1) is 11.1. The van der Waals surface area contributed by atoms with Gasteiger partial charge in [-0.1, -0.05) is 19.1 Å². The van der Waals surface area contributed by atoms with Crippen molar-refractivity contribution in [2.75, 3.05) is 18.9 Å². The van der Waals surface area contributed by atoms with Gasteiger partial charge in [-0.15, -0.1) is 0 Å². The molecule has 0 saturated carbocycles. The summed E-state index contributed by atoms with van der Waals surface area (Å²) in [6.45, 7) is 4.68. The summed E-state index contributed by atoms with van der Waals surface area (Å²) >= 11 is 0. The van der Waals surface area contributed by atoms with Crippen LogP contribution in [-0.2, 0) is 0 Å². The molecule has 0 aliphatic rings. The lowest BCUT2D eigenvalue weighted by Crippen LogP contribution is -2.27. The Hall–Kier alpha value is -2.56. The first-order valence-electron chi connectivity index (χ1n) is 7.78. The lowest BCUT2D eigenvalue weighted by atomic mass is 10.2. The largest absolute Gasteiger partial charge is 0.489 e. The van der Waals surface area contributed by atoms with Crippen molar-refractivity contribution in [1.82, 2.24) is 10.3 Å². The van der Waals surface area contributed by atoms with Gasteiger partial charge in [-0.05, 0) is 43.2 Å². The van der Waals surface area contributed by atoms with Crippen LogP contribution in [0.5, 0.6) is 5.75 Å². The summed E-state index contributed by atoms with van der Waals surface area (Å²) in [5.74, 6) is 1.26. The van der Waals surface area contributed by atoms with Gasteiger partial charge in [-0.3, -0.25) is 4.79 Å². The standard InChI is InChI=1S/C18H23N3O2/c1-4-14(23-15-8-5-7-13(2)11-15)12-21-17-16(18(22)19-3)9-6-10-20-17/h5-11,14H,4,12H2,1-3H3,(H,19,22)(H,20,21). The van der Waals surface area contributed by atoms with Crippen LogP contribution in [0.25, 0.3) is 0 Å². The van der Waals surface area contributed by atoms with Crippen LogP contribution in [0, 0.1) is 6.92 Å². The van der Waals surface area contributed by atoms with Crippen molar-refractivity contribution >= 4 is 11.7 Å². The van der Waals surface area contributed by atoms with Crippen LogP contribution in [-0.4, -0.2) is 30.6 Å². The van der Waals surface area contributed by atoms with E-state index < -0.39 is 0 Å². The van der Waals surface area contributed by atoms with E-state index in [0.29, 0.717) is 17.9 Å². The Bertz CT molecular complexity index is 658. The van der Waals surface area contributed by atoms with Crippen molar-refractivity contribution in [1.29, 1.82) is 0 Å². The molecule has 2 N–H and O–H groups in total. The molecule has 1 amide bonds. The fraction of sp³-hybridized carbons (Fsp3) is 0.333. The first kappa shape index (κ1) is 16.8. The maximum Gasteiger partial charge on any atom is 0.254 e. The van der Waals surface area contributed by atoms with Gasteiger partial charge in [-0.25, -0.2) is 4.98 Å². The Labute approximate surface area is 137 Å². The van der Waals surface area contributed by atoms with Crippen molar-refractivity contribution in [3.63, 3.8) is 0 Å². The summed E-state index contributed by atoms with van der Waals surface area (Å²) in [6, 6.07) is 11.5. The average Bonchev–Trinajstić information content (AvgIpc) is 2.58. The highest BCUT2D eigenvalue weighted by molar-refractivity contribution is 5.98. The van der Waals surface area contributed by atoms with Gasteiger partial charge < -0.3 is 15.4 Å². The summed E-state index contributed by atoms with van der Waals surface area (Å²) in [7, 11) is 1.61. The van der Waals surface area contributed by atoms with E-state index in [1.54, 1.807) is 25.4 Å². The number of amides is 1. The zero-order valence-electron chi connectivity index (χ0n) is 13.8. The Kier molecular flexibility index (Phi) is 5.97. The molecule has 0 aliphatic heterocycles. The van der Waals surface area contributed by atoms with Crippen molar-refractivity contribution in [3.8, 4) is 5.75 Å². The molecule has 5 heteroatoms. The Balaban J connectivity index is 2.02. The number of pyridine rings is 1. The average molecular weight is 313 g/mol. The van der Waals surface area contributed by atoms with Gasteiger partial charge in [0.2, 0.25) is 0 Å². The third kappa shape index (κ3) is 4.71. The molecule has 1 unspecified atom stereocenters. The third-order valence-corrected chi connectivity index (χ3v) is 3.52. The molecule has 2 aromatic rings. The van der Waals surface area contributed by atoms with Gasteiger partial charge in [0.25, 0.3) is 5.91 Å². The number of carbonyl (C=O) groups is 1. The fourth-order valence-corrected chi connectivity index (χ4v) is 2.23. The molecule has 1 aromatic heterocycles. The van der Waals surface area contributed by atoms with E-state index in [2.05, 4.69) is 22.5 Å². The minimum absolute atomic E-state index is 0.00339. The number of ether oxygens (including phenoxy) is 1. The van der Waals surface area contributed by atoms with Crippen molar-refractivity contribution in [2.24, 2.45) is 0 Å². The SMILES string of the molecule is CCC(CNc1ncccc1C(=O)NC)Oc1cccc(C)c1. The molecular formula is C18H23N3O2. The quantitative estimate of drug-likeness (QED) is 0.825. The molecule has 0 spiro atoms. The summed E-state index contributed by atoms with van der Waals surface area (Å²) < 4.78 is 6.00. The minimum atomic E-state index is -0.159. The molecule has 0 fully saturated rings. The van der Waals surface area contributed by atoms with E-state index in [4.69, 9.17) is 4.74 Å². The van der Waals surface area contributed by atoms with E-state index >= 15 is 0 Å². The number of hydrogen-bond acceptors (Lipinski definition) is 4. The predicted octanol–water partition coefficient (Wildman–Crippen LogP) is 3.02. The summed E-state index contributed by atoms with van der Waals surface area (Å²) in [5, 5.41) is 5.84. The maximum atomic E-state index is 11.9. The molecule has 0 aliphatic carbocycles. The number of aromatic nitrogens is 1. The number of nitrogens with one attached hydrogen (secondary N) is 2. The van der Waals surface area contributed by atoms with E-state index in [0.717, 1.165) is 17.7 Å². The lowest BCUT2D eigenvalue weighted by Gasteiger charge is -2.19. The Morgan fingerprint density at radius 2 is 2.13 bits per heavy atom. The summed E-state index contributed by atoms with van der Waals surface area (Å²) in [6.07, 6.45) is 2.51. The number of aryl methyl sites for hydroxylation is 1. The van der Waals surface area contributed by atoms with Gasteiger partial charge >= 0.3 is 0 Å². The second-order valence-corrected chi connectivity index (χ2v) is 5.32. The van der Waals surface area contributed by atoms with Crippen molar-refractivity contribution in [3.05, 3.63) is 53.7 Å². The Morgan fingerprint density at radius 1 is 1.30 bits per heavy atom. The van der Waals surface area contributed by atoms with Gasteiger partial charge in [0.1, 0.15) is 17.7 Å². The second-order valence-electron chi connectivity index (χ2n) is 5.32. The van der Waals surface area contributed by atoms with Crippen LogP contribution < -0.4 is 15.4 Å². The maximum absolute atomic E-state index is 11.9. The van der Waals surface area contributed by atoms with Crippen LogP contribution in [0.15, 0.2) is 42.6 Å². The van der Waals surface area contributed by atoms with Gasteiger partial charge in [0.05, 0.1) is 12.1 Å². The highest BCUT2D eigenvalue weighted by Gasteiger charge is 2.13. The predicted molar refractivity (Wildman–Crippen MR) is 92.0 cm³/mol. The van der Waals surface area contributed by atoms with Crippen LogP contribution >= 0.6 is 0 Å². The number of nitrogens with zero attached hydrogens (tertiary/aromatic N) is 1. The molecule has 0 bridgehead atoms. The van der Waals surface area contributed by atoms with Crippen molar-refractivity contribution in [2.45, 2.75) is 26.4 Å². The molecule has 1 heterocycles. The monoisotopic (exact) mass is 313 g/mol. The normalized spacial score (nSPS) is 11.6. The smallest absolute Gasteiger partial charge is 0.254 e. The molecule has 122 valence electrons. The van der Waals surface area contributed by atoms with Gasteiger partial charge in [0.15, 0.2) is 0 Å². The number of hydrogen-bond donors (Lipinski definition) is 2. The van der Waals surface area contributed by atoms with E-state index in [1.807, 2.05) is 31.2 Å². The molecule has 5 nitrogen and oxygen atoms in total. The topological polar surface area (TPSA) is 63.2 Å². The lowest BCUT2D eigenvalue weighted by molar-refractivity contribution is 0.0963. The summed E-state index contributed by atoms with van der Waals surface area (Å²) in [4.78, 5) is 16.1. The van der Waals surface area contributed by atoms with Crippen molar-refractivity contribution < 1.29 is 9.53 Å².